The maximum atomic E-state index is 5.57. The first-order chi connectivity index (χ1) is 9.79. The van der Waals surface area contributed by atoms with E-state index in [1.165, 1.54) is 19.3 Å². The second-order valence-corrected chi connectivity index (χ2v) is 6.82. The predicted octanol–water partition coefficient (Wildman–Crippen LogP) is 3.46. The van der Waals surface area contributed by atoms with E-state index in [4.69, 9.17) is 10.8 Å². The summed E-state index contributed by atoms with van der Waals surface area (Å²) in [4.78, 5) is 11.6. The van der Waals surface area contributed by atoms with Gasteiger partial charge in [-0.05, 0) is 20.3 Å². The van der Waals surface area contributed by atoms with Crippen molar-refractivity contribution in [2.24, 2.45) is 5.84 Å². The van der Waals surface area contributed by atoms with Gasteiger partial charge in [-0.25, -0.2) is 15.8 Å². The van der Waals surface area contributed by atoms with Crippen LogP contribution in [-0.4, -0.2) is 22.6 Å². The maximum Gasteiger partial charge on any atom is 0.145 e. The van der Waals surface area contributed by atoms with Crippen LogP contribution in [0.15, 0.2) is 6.07 Å². The van der Waals surface area contributed by atoms with Crippen molar-refractivity contribution >= 4 is 11.6 Å². The van der Waals surface area contributed by atoms with E-state index in [0.29, 0.717) is 11.9 Å². The first-order valence-electron chi connectivity index (χ1n) is 7.92. The highest BCUT2D eigenvalue weighted by atomic mass is 15.3. The molecule has 0 aliphatic carbocycles. The van der Waals surface area contributed by atoms with Crippen LogP contribution >= 0.6 is 0 Å². The molecule has 0 radical (unpaired) electrons. The largest absolute Gasteiger partial charge is 0.354 e. The predicted molar refractivity (Wildman–Crippen MR) is 90.5 cm³/mol. The van der Waals surface area contributed by atoms with Gasteiger partial charge >= 0.3 is 0 Å². The van der Waals surface area contributed by atoms with Crippen LogP contribution in [0, 0.1) is 0 Å². The van der Waals surface area contributed by atoms with Crippen molar-refractivity contribution in [1.29, 1.82) is 0 Å². The molecule has 5 nitrogen and oxygen atoms in total. The molecular formula is C16H31N5. The minimum atomic E-state index is -0.103. The zero-order chi connectivity index (χ0) is 16.0. The van der Waals surface area contributed by atoms with Gasteiger partial charge in [0.15, 0.2) is 0 Å². The lowest BCUT2D eigenvalue weighted by Gasteiger charge is -2.29. The summed E-state index contributed by atoms with van der Waals surface area (Å²) in [5.41, 5.74) is 2.56. The summed E-state index contributed by atoms with van der Waals surface area (Å²) in [6.45, 7) is 14.0. The molecule has 3 N–H and O–H groups in total. The van der Waals surface area contributed by atoms with Crippen LogP contribution in [0.1, 0.15) is 66.6 Å². The molecule has 0 aromatic carbocycles. The summed E-state index contributed by atoms with van der Waals surface area (Å²) >= 11 is 0. The Bertz CT molecular complexity index is 437. The van der Waals surface area contributed by atoms with Crippen molar-refractivity contribution in [1.82, 2.24) is 9.97 Å². The molecule has 0 aliphatic heterocycles. The third kappa shape index (κ3) is 5.16. The summed E-state index contributed by atoms with van der Waals surface area (Å²) in [7, 11) is 0. The molecular weight excluding hydrogens is 262 g/mol. The van der Waals surface area contributed by atoms with E-state index >= 15 is 0 Å². The molecule has 0 fully saturated rings. The molecule has 1 aromatic heterocycles. The topological polar surface area (TPSA) is 67.1 Å². The Hall–Kier alpha value is -1.36. The maximum absolute atomic E-state index is 5.57. The number of nitrogens with zero attached hydrogens (tertiary/aromatic N) is 3. The van der Waals surface area contributed by atoms with E-state index in [-0.39, 0.29) is 5.41 Å². The second kappa shape index (κ2) is 7.59. The number of hydrogen-bond acceptors (Lipinski definition) is 5. The molecule has 5 heteroatoms. The van der Waals surface area contributed by atoms with E-state index in [0.717, 1.165) is 18.2 Å². The Morgan fingerprint density at radius 3 is 2.38 bits per heavy atom. The zero-order valence-corrected chi connectivity index (χ0v) is 14.4. The number of nitrogen functional groups attached to an aromatic ring is 1. The fourth-order valence-corrected chi connectivity index (χ4v) is 2.16. The Balaban J connectivity index is 3.11. The summed E-state index contributed by atoms with van der Waals surface area (Å²) in [5, 5.41) is 0. The highest BCUT2D eigenvalue weighted by Gasteiger charge is 2.21. The minimum absolute atomic E-state index is 0.103. The normalized spacial score (nSPS) is 11.8. The summed E-state index contributed by atoms with van der Waals surface area (Å²) < 4.78 is 0. The van der Waals surface area contributed by atoms with Gasteiger partial charge in [0.1, 0.15) is 17.5 Å². The summed E-state index contributed by atoms with van der Waals surface area (Å²) in [5.74, 6) is 8.01. The van der Waals surface area contributed by atoms with E-state index < -0.39 is 0 Å². The number of aromatic nitrogens is 2. The third-order valence-electron chi connectivity index (χ3n) is 3.45. The molecule has 0 saturated carbocycles. The molecule has 21 heavy (non-hydrogen) atoms. The van der Waals surface area contributed by atoms with Crippen molar-refractivity contribution in [2.75, 3.05) is 16.9 Å². The fourth-order valence-electron chi connectivity index (χ4n) is 2.16. The Morgan fingerprint density at radius 2 is 1.90 bits per heavy atom. The summed E-state index contributed by atoms with van der Waals surface area (Å²) in [6, 6.07) is 2.33. The zero-order valence-electron chi connectivity index (χ0n) is 14.4. The average molecular weight is 293 g/mol. The van der Waals surface area contributed by atoms with Gasteiger partial charge in [0.2, 0.25) is 0 Å². The van der Waals surface area contributed by atoms with Crippen molar-refractivity contribution in [3.05, 3.63) is 11.9 Å². The lowest BCUT2D eigenvalue weighted by Crippen LogP contribution is -2.33. The summed E-state index contributed by atoms with van der Waals surface area (Å²) in [6.07, 6.45) is 3.63. The van der Waals surface area contributed by atoms with Crippen LogP contribution in [0.3, 0.4) is 0 Å². The lowest BCUT2D eigenvalue weighted by atomic mass is 9.95. The van der Waals surface area contributed by atoms with Crippen LogP contribution < -0.4 is 16.2 Å². The van der Waals surface area contributed by atoms with Crippen LogP contribution in [0.2, 0.25) is 0 Å². The van der Waals surface area contributed by atoms with E-state index in [1.54, 1.807) is 0 Å². The van der Waals surface area contributed by atoms with Crippen molar-refractivity contribution in [2.45, 2.75) is 72.3 Å². The molecule has 0 atom stereocenters. The molecule has 1 aromatic rings. The Kier molecular flexibility index (Phi) is 6.40. The number of nitrogens with two attached hydrogens (primary N) is 1. The first kappa shape index (κ1) is 17.7. The number of rotatable bonds is 7. The smallest absolute Gasteiger partial charge is 0.145 e. The fraction of sp³-hybridized carbons (Fsp3) is 0.750. The molecule has 0 aliphatic rings. The molecule has 1 heterocycles. The quantitative estimate of drug-likeness (QED) is 0.458. The highest BCUT2D eigenvalue weighted by Crippen LogP contribution is 2.25. The van der Waals surface area contributed by atoms with Gasteiger partial charge in [0, 0.05) is 24.1 Å². The van der Waals surface area contributed by atoms with E-state index in [9.17, 15) is 0 Å². The molecule has 120 valence electrons. The lowest BCUT2D eigenvalue weighted by molar-refractivity contribution is 0.540. The van der Waals surface area contributed by atoms with Gasteiger partial charge in [-0.1, -0.05) is 40.5 Å². The van der Waals surface area contributed by atoms with Crippen LogP contribution in [0.25, 0.3) is 0 Å². The molecule has 0 unspecified atom stereocenters. The van der Waals surface area contributed by atoms with Gasteiger partial charge in [0.25, 0.3) is 0 Å². The number of hydrogen-bond donors (Lipinski definition) is 2. The van der Waals surface area contributed by atoms with E-state index in [1.807, 2.05) is 6.07 Å². The second-order valence-electron chi connectivity index (χ2n) is 6.82. The number of nitrogens with one attached hydrogen (secondary N) is 1. The van der Waals surface area contributed by atoms with Crippen LogP contribution in [0.5, 0.6) is 0 Å². The molecule has 1 rings (SSSR count). The standard InChI is InChI=1S/C16H31N5/c1-7-8-9-10-21(12(2)3)14-11-13(20-17)18-15(19-14)16(4,5)6/h11-12H,7-10,17H2,1-6H3,(H,18,19,20). The SMILES string of the molecule is CCCCCN(c1cc(NN)nc(C(C)(C)C)n1)C(C)C. The third-order valence-corrected chi connectivity index (χ3v) is 3.45. The average Bonchev–Trinajstić information content (AvgIpc) is 2.41. The Morgan fingerprint density at radius 1 is 1.24 bits per heavy atom. The number of unbranched alkanes of at least 4 members (excludes halogenated alkanes) is 2. The number of anilines is 2. The van der Waals surface area contributed by atoms with Crippen molar-refractivity contribution in [3.63, 3.8) is 0 Å². The van der Waals surface area contributed by atoms with E-state index in [2.05, 4.69) is 56.9 Å². The Labute approximate surface area is 129 Å². The van der Waals surface area contributed by atoms with Crippen LogP contribution in [-0.2, 0) is 5.41 Å². The van der Waals surface area contributed by atoms with Gasteiger partial charge < -0.3 is 10.3 Å². The van der Waals surface area contributed by atoms with Crippen molar-refractivity contribution in [3.8, 4) is 0 Å². The van der Waals surface area contributed by atoms with Gasteiger partial charge in [-0.15, -0.1) is 0 Å². The molecule has 0 spiro atoms. The number of hydrazine groups is 1. The monoisotopic (exact) mass is 293 g/mol. The molecule has 0 saturated heterocycles. The van der Waals surface area contributed by atoms with Gasteiger partial charge in [0.05, 0.1) is 0 Å². The molecule has 0 bridgehead atoms. The van der Waals surface area contributed by atoms with Gasteiger partial charge in [-0.2, -0.15) is 0 Å². The highest BCUT2D eigenvalue weighted by molar-refractivity contribution is 5.50. The first-order valence-corrected chi connectivity index (χ1v) is 7.92. The van der Waals surface area contributed by atoms with Crippen LogP contribution in [0.4, 0.5) is 11.6 Å². The minimum Gasteiger partial charge on any atom is -0.354 e. The molecule has 0 amide bonds. The van der Waals surface area contributed by atoms with Gasteiger partial charge in [-0.3, -0.25) is 0 Å². The van der Waals surface area contributed by atoms with Crippen molar-refractivity contribution < 1.29 is 0 Å².